The van der Waals surface area contributed by atoms with Crippen LogP contribution in [-0.4, -0.2) is 27.8 Å². The summed E-state index contributed by atoms with van der Waals surface area (Å²) in [5.41, 5.74) is 4.02. The third-order valence-corrected chi connectivity index (χ3v) is 4.96. The van der Waals surface area contributed by atoms with E-state index >= 15 is 0 Å². The Morgan fingerprint density at radius 1 is 1.35 bits per heavy atom. The lowest BCUT2D eigenvalue weighted by molar-refractivity contribution is 0.0593. The number of rotatable bonds is 8. The lowest BCUT2D eigenvalue weighted by Crippen LogP contribution is -2.09. The third-order valence-electron chi connectivity index (χ3n) is 4.96. The van der Waals surface area contributed by atoms with E-state index in [1.807, 2.05) is 16.8 Å². The number of aromatic nitrogens is 3. The highest BCUT2D eigenvalue weighted by molar-refractivity contribution is 5.87. The average molecular weight is 353 g/mol. The van der Waals surface area contributed by atoms with Crippen molar-refractivity contribution in [1.82, 2.24) is 14.8 Å². The lowest BCUT2D eigenvalue weighted by atomic mass is 9.97. The van der Waals surface area contributed by atoms with Gasteiger partial charge in [-0.05, 0) is 42.9 Å². The van der Waals surface area contributed by atoms with E-state index in [9.17, 15) is 4.79 Å². The summed E-state index contributed by atoms with van der Waals surface area (Å²) < 4.78 is 6.82. The van der Waals surface area contributed by atoms with E-state index in [1.165, 1.54) is 23.6 Å². The first-order chi connectivity index (χ1) is 12.6. The fraction of sp³-hybridized carbons (Fsp3) is 0.429. The van der Waals surface area contributed by atoms with Crippen molar-refractivity contribution >= 4 is 16.9 Å². The number of hydrogen-bond acceptors (Lipinski definition) is 3. The van der Waals surface area contributed by atoms with Gasteiger partial charge in [-0.3, -0.25) is 4.68 Å². The molecule has 0 saturated carbocycles. The molecule has 1 atom stereocenters. The molecule has 5 heteroatoms. The fourth-order valence-electron chi connectivity index (χ4n) is 3.38. The zero-order valence-corrected chi connectivity index (χ0v) is 15.8. The molecule has 0 fully saturated rings. The van der Waals surface area contributed by atoms with Crippen molar-refractivity contribution in [3.8, 4) is 0 Å². The quantitative estimate of drug-likeness (QED) is 0.598. The van der Waals surface area contributed by atoms with Crippen molar-refractivity contribution in [3.05, 3.63) is 53.5 Å². The summed E-state index contributed by atoms with van der Waals surface area (Å²) in [5, 5.41) is 5.76. The summed E-state index contributed by atoms with van der Waals surface area (Å²) in [7, 11) is 1.40. The Balaban J connectivity index is 1.76. The van der Waals surface area contributed by atoms with Crippen molar-refractivity contribution in [2.75, 3.05) is 7.11 Å². The van der Waals surface area contributed by atoms with Crippen LogP contribution in [0.5, 0.6) is 0 Å². The van der Waals surface area contributed by atoms with Gasteiger partial charge < -0.3 is 9.72 Å². The second kappa shape index (κ2) is 8.21. The summed E-state index contributed by atoms with van der Waals surface area (Å²) in [6.07, 6.45) is 6.23. The van der Waals surface area contributed by atoms with Crippen LogP contribution in [0.1, 0.15) is 60.8 Å². The number of fused-ring (bicyclic) bond motifs is 1. The van der Waals surface area contributed by atoms with Gasteiger partial charge in [0, 0.05) is 29.3 Å². The number of esters is 1. The molecule has 0 aliphatic rings. The molecule has 138 valence electrons. The summed E-state index contributed by atoms with van der Waals surface area (Å²) in [6.45, 7) is 5.19. The van der Waals surface area contributed by atoms with Gasteiger partial charge in [0.1, 0.15) is 0 Å². The molecule has 1 aromatic carbocycles. The van der Waals surface area contributed by atoms with Gasteiger partial charge in [0.2, 0.25) is 0 Å². The molecule has 0 radical (unpaired) electrons. The number of methoxy groups -OCH3 is 1. The van der Waals surface area contributed by atoms with E-state index in [4.69, 9.17) is 4.74 Å². The molecular weight excluding hydrogens is 326 g/mol. The molecule has 0 aliphatic heterocycles. The van der Waals surface area contributed by atoms with Gasteiger partial charge in [0.25, 0.3) is 0 Å². The predicted molar refractivity (Wildman–Crippen MR) is 104 cm³/mol. The van der Waals surface area contributed by atoms with Gasteiger partial charge in [-0.2, -0.15) is 5.10 Å². The zero-order chi connectivity index (χ0) is 18.5. The Morgan fingerprint density at radius 2 is 2.15 bits per heavy atom. The number of benzene rings is 1. The number of unbranched alkanes of at least 4 members (excludes halogenated alkanes) is 1. The van der Waals surface area contributed by atoms with Crippen molar-refractivity contribution in [3.63, 3.8) is 0 Å². The van der Waals surface area contributed by atoms with E-state index in [2.05, 4.69) is 48.3 Å². The average Bonchev–Trinajstić information content (AvgIpc) is 3.28. The molecule has 5 nitrogen and oxygen atoms in total. The molecule has 1 N–H and O–H groups in total. The second-order valence-electron chi connectivity index (χ2n) is 6.82. The number of carbonyl (C=O) groups is 1. The van der Waals surface area contributed by atoms with Crippen LogP contribution >= 0.6 is 0 Å². The monoisotopic (exact) mass is 353 g/mol. The number of carbonyl (C=O) groups excluding carboxylic acids is 1. The zero-order valence-electron chi connectivity index (χ0n) is 15.8. The topological polar surface area (TPSA) is 59.9 Å². The standard InChI is InChI=1S/C21H27N3O2/c1-4-5-12-24-20(13-19(23-24)21(25)26-3)15(2)10-11-16-14-22-18-9-7-6-8-17(16)18/h6-9,13-15,22H,4-5,10-12H2,1-3H3. The highest BCUT2D eigenvalue weighted by Crippen LogP contribution is 2.26. The number of aryl methyl sites for hydroxylation is 2. The van der Waals surface area contributed by atoms with Crippen LogP contribution in [-0.2, 0) is 17.7 Å². The number of aromatic amines is 1. The maximum atomic E-state index is 11.9. The van der Waals surface area contributed by atoms with E-state index < -0.39 is 0 Å². The van der Waals surface area contributed by atoms with Crippen LogP contribution in [0.3, 0.4) is 0 Å². The lowest BCUT2D eigenvalue weighted by Gasteiger charge is -2.14. The SMILES string of the molecule is CCCCn1nc(C(=O)OC)cc1C(C)CCc1c[nH]c2ccccc12. The van der Waals surface area contributed by atoms with Crippen molar-refractivity contribution in [2.45, 2.75) is 52.0 Å². The summed E-state index contributed by atoms with van der Waals surface area (Å²) >= 11 is 0. The molecule has 0 saturated heterocycles. The number of H-pyrrole nitrogens is 1. The Labute approximate surface area is 154 Å². The summed E-state index contributed by atoms with van der Waals surface area (Å²) in [4.78, 5) is 15.2. The maximum absolute atomic E-state index is 11.9. The molecular formula is C21H27N3O2. The Morgan fingerprint density at radius 3 is 2.92 bits per heavy atom. The minimum atomic E-state index is -0.370. The van der Waals surface area contributed by atoms with Gasteiger partial charge in [-0.1, -0.05) is 38.5 Å². The maximum Gasteiger partial charge on any atom is 0.358 e. The van der Waals surface area contributed by atoms with Crippen LogP contribution < -0.4 is 0 Å². The fourth-order valence-corrected chi connectivity index (χ4v) is 3.38. The molecule has 3 rings (SSSR count). The normalized spacial score (nSPS) is 12.4. The summed E-state index contributed by atoms with van der Waals surface area (Å²) in [6, 6.07) is 10.3. The molecule has 2 heterocycles. The van der Waals surface area contributed by atoms with E-state index in [0.717, 1.165) is 37.9 Å². The van der Waals surface area contributed by atoms with Crippen LogP contribution in [0.25, 0.3) is 10.9 Å². The largest absolute Gasteiger partial charge is 0.464 e. The number of nitrogens with zero attached hydrogens (tertiary/aromatic N) is 2. The molecule has 0 spiro atoms. The van der Waals surface area contributed by atoms with E-state index in [-0.39, 0.29) is 5.97 Å². The number of hydrogen-bond donors (Lipinski definition) is 1. The molecule has 2 aromatic heterocycles. The predicted octanol–water partition coefficient (Wildman–Crippen LogP) is 4.69. The Bertz CT molecular complexity index is 878. The highest BCUT2D eigenvalue weighted by atomic mass is 16.5. The smallest absolute Gasteiger partial charge is 0.358 e. The van der Waals surface area contributed by atoms with Crippen molar-refractivity contribution in [2.24, 2.45) is 0 Å². The first kappa shape index (κ1) is 18.2. The van der Waals surface area contributed by atoms with Crippen LogP contribution in [0, 0.1) is 0 Å². The Kier molecular flexibility index (Phi) is 5.76. The molecule has 3 aromatic rings. The molecule has 26 heavy (non-hydrogen) atoms. The minimum absolute atomic E-state index is 0.312. The molecule has 1 unspecified atom stereocenters. The van der Waals surface area contributed by atoms with Gasteiger partial charge in [0.05, 0.1) is 7.11 Å². The minimum Gasteiger partial charge on any atom is -0.464 e. The van der Waals surface area contributed by atoms with E-state index in [1.54, 1.807) is 0 Å². The van der Waals surface area contributed by atoms with Crippen molar-refractivity contribution < 1.29 is 9.53 Å². The first-order valence-corrected chi connectivity index (χ1v) is 9.35. The van der Waals surface area contributed by atoms with Gasteiger partial charge >= 0.3 is 5.97 Å². The number of para-hydroxylation sites is 1. The van der Waals surface area contributed by atoms with Gasteiger partial charge in [0.15, 0.2) is 5.69 Å². The van der Waals surface area contributed by atoms with E-state index in [0.29, 0.717) is 11.6 Å². The molecule has 0 amide bonds. The van der Waals surface area contributed by atoms with Crippen LogP contribution in [0.4, 0.5) is 0 Å². The second-order valence-corrected chi connectivity index (χ2v) is 6.82. The third kappa shape index (κ3) is 3.82. The number of nitrogens with one attached hydrogen (secondary N) is 1. The molecule has 0 aliphatic carbocycles. The summed E-state index contributed by atoms with van der Waals surface area (Å²) in [5.74, 6) is -0.0586. The highest BCUT2D eigenvalue weighted by Gasteiger charge is 2.19. The first-order valence-electron chi connectivity index (χ1n) is 9.35. The van der Waals surface area contributed by atoms with Crippen molar-refractivity contribution in [1.29, 1.82) is 0 Å². The van der Waals surface area contributed by atoms with Gasteiger partial charge in [-0.15, -0.1) is 0 Å². The van der Waals surface area contributed by atoms with Gasteiger partial charge in [-0.25, -0.2) is 4.79 Å². The Hall–Kier alpha value is -2.56. The molecule has 0 bridgehead atoms. The van der Waals surface area contributed by atoms with Crippen LogP contribution in [0.15, 0.2) is 36.5 Å². The van der Waals surface area contributed by atoms with Crippen LogP contribution in [0.2, 0.25) is 0 Å². The number of ether oxygens (including phenoxy) is 1.